The SMILES string of the molecule is COc1ccc(NC(=O)C(CCC2CC2)NC(=O)c2sc(-c3cccnc3)nc2C(F)(F)F)cn1. The van der Waals surface area contributed by atoms with Crippen molar-refractivity contribution in [3.05, 3.63) is 53.4 Å². The molecule has 3 aromatic heterocycles. The van der Waals surface area contributed by atoms with Crippen LogP contribution in [-0.4, -0.2) is 39.9 Å². The van der Waals surface area contributed by atoms with Crippen LogP contribution in [0.15, 0.2) is 42.9 Å². The highest BCUT2D eigenvalue weighted by Gasteiger charge is 2.40. The number of methoxy groups -OCH3 is 1. The first-order valence-corrected chi connectivity index (χ1v) is 11.7. The van der Waals surface area contributed by atoms with Gasteiger partial charge in [0.15, 0.2) is 5.69 Å². The number of nitrogens with one attached hydrogen (secondary N) is 2. The summed E-state index contributed by atoms with van der Waals surface area (Å²) in [6, 6.07) is 5.23. The zero-order chi connectivity index (χ0) is 25.0. The molecule has 0 bridgehead atoms. The lowest BCUT2D eigenvalue weighted by molar-refractivity contribution is -0.141. The lowest BCUT2D eigenvalue weighted by Gasteiger charge is -2.18. The summed E-state index contributed by atoms with van der Waals surface area (Å²) in [6.45, 7) is 0. The minimum atomic E-state index is -4.84. The van der Waals surface area contributed by atoms with Gasteiger partial charge >= 0.3 is 6.18 Å². The highest BCUT2D eigenvalue weighted by Crippen LogP contribution is 2.38. The number of ether oxygens (including phenoxy) is 1. The molecule has 0 radical (unpaired) electrons. The van der Waals surface area contributed by atoms with Crippen LogP contribution in [-0.2, 0) is 11.0 Å². The van der Waals surface area contributed by atoms with E-state index in [1.807, 2.05) is 0 Å². The zero-order valence-electron chi connectivity index (χ0n) is 18.6. The molecule has 0 saturated heterocycles. The molecule has 2 N–H and O–H groups in total. The highest BCUT2D eigenvalue weighted by molar-refractivity contribution is 7.17. The Morgan fingerprint density at radius 1 is 1.23 bits per heavy atom. The Hall–Kier alpha value is -3.54. The number of rotatable bonds is 9. The summed E-state index contributed by atoms with van der Waals surface area (Å²) in [7, 11) is 1.46. The van der Waals surface area contributed by atoms with Gasteiger partial charge in [-0.1, -0.05) is 12.8 Å². The lowest BCUT2D eigenvalue weighted by Crippen LogP contribution is -2.44. The van der Waals surface area contributed by atoms with Crippen molar-refractivity contribution in [3.8, 4) is 16.5 Å². The molecule has 2 amide bonds. The Bertz CT molecular complexity index is 1180. The van der Waals surface area contributed by atoms with Gasteiger partial charge in [-0.3, -0.25) is 14.6 Å². The second kappa shape index (κ2) is 10.4. The molecule has 35 heavy (non-hydrogen) atoms. The van der Waals surface area contributed by atoms with Crippen LogP contribution >= 0.6 is 11.3 Å². The molecular weight excluding hydrogens is 483 g/mol. The molecule has 1 fully saturated rings. The van der Waals surface area contributed by atoms with Crippen molar-refractivity contribution in [1.82, 2.24) is 20.3 Å². The first-order valence-electron chi connectivity index (χ1n) is 10.8. The van der Waals surface area contributed by atoms with Gasteiger partial charge in [-0.05, 0) is 37.0 Å². The van der Waals surface area contributed by atoms with Crippen molar-refractivity contribution in [1.29, 1.82) is 0 Å². The summed E-state index contributed by atoms with van der Waals surface area (Å²) in [5.41, 5.74) is -0.564. The number of aromatic nitrogens is 3. The molecular formula is C23H22F3N5O3S. The Morgan fingerprint density at radius 2 is 2.03 bits per heavy atom. The van der Waals surface area contributed by atoms with Gasteiger partial charge in [-0.15, -0.1) is 11.3 Å². The maximum Gasteiger partial charge on any atom is 0.435 e. The maximum atomic E-state index is 13.7. The second-order valence-electron chi connectivity index (χ2n) is 8.06. The van der Waals surface area contributed by atoms with Crippen molar-refractivity contribution < 1.29 is 27.5 Å². The van der Waals surface area contributed by atoms with E-state index in [4.69, 9.17) is 4.74 Å². The van der Waals surface area contributed by atoms with E-state index in [0.29, 0.717) is 47.2 Å². The van der Waals surface area contributed by atoms with E-state index in [-0.39, 0.29) is 5.01 Å². The van der Waals surface area contributed by atoms with Crippen molar-refractivity contribution in [2.45, 2.75) is 37.9 Å². The fourth-order valence-electron chi connectivity index (χ4n) is 3.38. The van der Waals surface area contributed by atoms with Crippen molar-refractivity contribution in [3.63, 3.8) is 0 Å². The molecule has 8 nitrogen and oxygen atoms in total. The van der Waals surface area contributed by atoms with Crippen LogP contribution in [0.25, 0.3) is 10.6 Å². The molecule has 0 aromatic carbocycles. The topological polar surface area (TPSA) is 106 Å². The Kier molecular flexibility index (Phi) is 7.29. The van der Waals surface area contributed by atoms with Crippen LogP contribution in [0, 0.1) is 5.92 Å². The second-order valence-corrected chi connectivity index (χ2v) is 9.06. The molecule has 1 atom stereocenters. The van der Waals surface area contributed by atoms with Crippen LogP contribution in [0.4, 0.5) is 18.9 Å². The number of anilines is 1. The smallest absolute Gasteiger partial charge is 0.435 e. The average Bonchev–Trinajstić information content (AvgIpc) is 3.56. The first kappa shape index (κ1) is 24.6. The van der Waals surface area contributed by atoms with Gasteiger partial charge in [0.25, 0.3) is 5.91 Å². The van der Waals surface area contributed by atoms with E-state index in [2.05, 4.69) is 25.6 Å². The number of hydrogen-bond acceptors (Lipinski definition) is 7. The summed E-state index contributed by atoms with van der Waals surface area (Å²) in [6.07, 6.45) is 2.44. The fraction of sp³-hybridized carbons (Fsp3) is 0.348. The van der Waals surface area contributed by atoms with Gasteiger partial charge in [0.05, 0.1) is 19.0 Å². The maximum absolute atomic E-state index is 13.7. The minimum Gasteiger partial charge on any atom is -0.481 e. The van der Waals surface area contributed by atoms with Gasteiger partial charge < -0.3 is 15.4 Å². The van der Waals surface area contributed by atoms with Gasteiger partial charge in [0.2, 0.25) is 11.8 Å². The van der Waals surface area contributed by atoms with Crippen molar-refractivity contribution in [2.24, 2.45) is 5.92 Å². The number of carbonyl (C=O) groups is 2. The summed E-state index contributed by atoms with van der Waals surface area (Å²) < 4.78 is 46.1. The number of nitrogens with zero attached hydrogens (tertiary/aromatic N) is 3. The van der Waals surface area contributed by atoms with E-state index in [1.54, 1.807) is 24.3 Å². The van der Waals surface area contributed by atoms with E-state index in [1.165, 1.54) is 25.7 Å². The van der Waals surface area contributed by atoms with E-state index in [0.717, 1.165) is 12.8 Å². The average molecular weight is 506 g/mol. The summed E-state index contributed by atoms with van der Waals surface area (Å²) in [5, 5.41) is 5.16. The minimum absolute atomic E-state index is 0.0128. The fourth-order valence-corrected chi connectivity index (χ4v) is 4.36. The third-order valence-electron chi connectivity index (χ3n) is 5.41. The molecule has 1 saturated carbocycles. The quantitative estimate of drug-likeness (QED) is 0.442. The third kappa shape index (κ3) is 6.32. The number of amides is 2. The molecule has 1 aliphatic carbocycles. The van der Waals surface area contributed by atoms with Crippen LogP contribution < -0.4 is 15.4 Å². The number of pyridine rings is 2. The van der Waals surface area contributed by atoms with Crippen LogP contribution in [0.3, 0.4) is 0 Å². The molecule has 3 aromatic rings. The van der Waals surface area contributed by atoms with Crippen molar-refractivity contribution in [2.75, 3.05) is 12.4 Å². The Balaban J connectivity index is 1.55. The largest absolute Gasteiger partial charge is 0.481 e. The van der Waals surface area contributed by atoms with E-state index in [9.17, 15) is 22.8 Å². The molecule has 3 heterocycles. The van der Waals surface area contributed by atoms with Crippen molar-refractivity contribution >= 4 is 28.8 Å². The number of thiazole rings is 1. The van der Waals surface area contributed by atoms with E-state index >= 15 is 0 Å². The Morgan fingerprint density at radius 3 is 2.63 bits per heavy atom. The number of alkyl halides is 3. The van der Waals surface area contributed by atoms with Crippen LogP contribution in [0.2, 0.25) is 0 Å². The molecule has 1 unspecified atom stereocenters. The number of carbonyl (C=O) groups excluding carboxylic acids is 2. The molecule has 0 spiro atoms. The lowest BCUT2D eigenvalue weighted by atomic mass is 10.1. The van der Waals surface area contributed by atoms with Crippen LogP contribution in [0.1, 0.15) is 41.0 Å². The normalized spacial score (nSPS) is 14.3. The van der Waals surface area contributed by atoms with Gasteiger partial charge in [0.1, 0.15) is 15.9 Å². The predicted octanol–water partition coefficient (Wildman–Crippen LogP) is 4.55. The summed E-state index contributed by atoms with van der Waals surface area (Å²) in [4.78, 5) is 36.9. The zero-order valence-corrected chi connectivity index (χ0v) is 19.4. The predicted molar refractivity (Wildman–Crippen MR) is 123 cm³/mol. The van der Waals surface area contributed by atoms with E-state index < -0.39 is 34.6 Å². The summed E-state index contributed by atoms with van der Waals surface area (Å²) in [5.74, 6) is -0.739. The van der Waals surface area contributed by atoms with Gasteiger partial charge in [0, 0.05) is 24.0 Å². The number of hydrogen-bond donors (Lipinski definition) is 2. The summed E-state index contributed by atoms with van der Waals surface area (Å²) >= 11 is 0.607. The third-order valence-corrected chi connectivity index (χ3v) is 6.51. The molecule has 0 aliphatic heterocycles. The van der Waals surface area contributed by atoms with Gasteiger partial charge in [-0.2, -0.15) is 13.2 Å². The van der Waals surface area contributed by atoms with Gasteiger partial charge in [-0.25, -0.2) is 9.97 Å². The monoisotopic (exact) mass is 505 g/mol. The first-order chi connectivity index (χ1) is 16.7. The molecule has 12 heteroatoms. The highest BCUT2D eigenvalue weighted by atomic mass is 32.1. The number of halogens is 3. The molecule has 184 valence electrons. The molecule has 4 rings (SSSR count). The standard InChI is InChI=1S/C23H22F3N5O3S/c1-34-17-9-7-15(12-28-17)29-20(32)16(8-6-13-4-5-13)30-21(33)18-19(23(24,25)26)31-22(35-18)14-3-2-10-27-11-14/h2-3,7,9-13,16H,4-6,8H2,1H3,(H,29,32)(H,30,33). The van der Waals surface area contributed by atoms with Crippen LogP contribution in [0.5, 0.6) is 5.88 Å². The molecule has 1 aliphatic rings. The Labute approximate surface area is 203 Å².